The van der Waals surface area contributed by atoms with Crippen molar-refractivity contribution in [3.8, 4) is 11.8 Å². The number of rotatable bonds is 2. The van der Waals surface area contributed by atoms with Gasteiger partial charge in [0.15, 0.2) is 0 Å². The minimum Gasteiger partial charge on any atom is -0.384 e. The molecule has 0 radical (unpaired) electrons. The van der Waals surface area contributed by atoms with Gasteiger partial charge >= 0.3 is 0 Å². The molecule has 0 aliphatic carbocycles. The Morgan fingerprint density at radius 3 is 2.71 bits per heavy atom. The first-order valence-corrected chi connectivity index (χ1v) is 7.65. The number of amides is 1. The SMILES string of the molecule is CCC1CCN(C(=O)c2cc(C)ccc2C#CCO)CC1. The van der Waals surface area contributed by atoms with Crippen LogP contribution in [0.1, 0.15) is 47.7 Å². The van der Waals surface area contributed by atoms with E-state index in [0.29, 0.717) is 11.1 Å². The molecule has 112 valence electrons. The van der Waals surface area contributed by atoms with E-state index in [1.165, 1.54) is 6.42 Å². The summed E-state index contributed by atoms with van der Waals surface area (Å²) in [5, 5.41) is 8.85. The summed E-state index contributed by atoms with van der Waals surface area (Å²) in [6.07, 6.45) is 3.37. The van der Waals surface area contributed by atoms with E-state index in [0.717, 1.165) is 37.4 Å². The molecule has 1 saturated heterocycles. The topological polar surface area (TPSA) is 40.5 Å². The lowest BCUT2D eigenvalue weighted by Gasteiger charge is -2.31. The van der Waals surface area contributed by atoms with Crippen LogP contribution in [-0.2, 0) is 0 Å². The molecular weight excluding hydrogens is 262 g/mol. The highest BCUT2D eigenvalue weighted by Gasteiger charge is 2.24. The van der Waals surface area contributed by atoms with E-state index in [1.807, 2.05) is 30.0 Å². The van der Waals surface area contributed by atoms with Crippen LogP contribution in [0.3, 0.4) is 0 Å². The molecule has 3 nitrogen and oxygen atoms in total. The summed E-state index contributed by atoms with van der Waals surface area (Å²) in [7, 11) is 0. The second kappa shape index (κ2) is 7.28. The normalized spacial score (nSPS) is 15.5. The summed E-state index contributed by atoms with van der Waals surface area (Å²) >= 11 is 0. The van der Waals surface area contributed by atoms with Crippen molar-refractivity contribution in [3.05, 3.63) is 34.9 Å². The lowest BCUT2D eigenvalue weighted by Crippen LogP contribution is -2.38. The van der Waals surface area contributed by atoms with Gasteiger partial charge in [-0.2, -0.15) is 0 Å². The quantitative estimate of drug-likeness (QED) is 0.849. The molecule has 1 amide bonds. The van der Waals surface area contributed by atoms with Crippen LogP contribution >= 0.6 is 0 Å². The van der Waals surface area contributed by atoms with Gasteiger partial charge in [0.25, 0.3) is 5.91 Å². The summed E-state index contributed by atoms with van der Waals surface area (Å²) in [6.45, 7) is 5.66. The van der Waals surface area contributed by atoms with E-state index in [2.05, 4.69) is 18.8 Å². The molecule has 2 rings (SSSR count). The number of nitrogens with zero attached hydrogens (tertiary/aromatic N) is 1. The smallest absolute Gasteiger partial charge is 0.255 e. The van der Waals surface area contributed by atoms with E-state index in [9.17, 15) is 4.79 Å². The molecule has 0 bridgehead atoms. The standard InChI is InChI=1S/C18H23NO2/c1-3-15-8-10-19(11-9-15)18(21)17-13-14(2)6-7-16(17)5-4-12-20/h6-7,13,15,20H,3,8-12H2,1-2H3. The highest BCUT2D eigenvalue weighted by molar-refractivity contribution is 5.97. The van der Waals surface area contributed by atoms with E-state index in [1.54, 1.807) is 0 Å². The zero-order valence-corrected chi connectivity index (χ0v) is 12.9. The van der Waals surface area contributed by atoms with E-state index in [4.69, 9.17) is 5.11 Å². The monoisotopic (exact) mass is 285 g/mol. The van der Waals surface area contributed by atoms with Gasteiger partial charge in [-0.05, 0) is 37.8 Å². The largest absolute Gasteiger partial charge is 0.384 e. The molecule has 1 aliphatic rings. The molecule has 21 heavy (non-hydrogen) atoms. The van der Waals surface area contributed by atoms with E-state index >= 15 is 0 Å². The van der Waals surface area contributed by atoms with Gasteiger partial charge in [-0.3, -0.25) is 4.79 Å². The van der Waals surface area contributed by atoms with Crippen molar-refractivity contribution in [2.75, 3.05) is 19.7 Å². The van der Waals surface area contributed by atoms with Gasteiger partial charge in [0.05, 0.1) is 5.56 Å². The Morgan fingerprint density at radius 2 is 2.10 bits per heavy atom. The van der Waals surface area contributed by atoms with Crippen LogP contribution < -0.4 is 0 Å². The van der Waals surface area contributed by atoms with Crippen molar-refractivity contribution >= 4 is 5.91 Å². The number of hydrogen-bond acceptors (Lipinski definition) is 2. The van der Waals surface area contributed by atoms with Gasteiger partial charge in [0, 0.05) is 18.7 Å². The zero-order chi connectivity index (χ0) is 15.2. The first-order valence-electron chi connectivity index (χ1n) is 7.65. The lowest BCUT2D eigenvalue weighted by molar-refractivity contribution is 0.0688. The van der Waals surface area contributed by atoms with Crippen molar-refractivity contribution < 1.29 is 9.90 Å². The maximum absolute atomic E-state index is 12.7. The fourth-order valence-corrected chi connectivity index (χ4v) is 2.79. The highest BCUT2D eigenvalue weighted by atomic mass is 16.2. The molecule has 0 unspecified atom stereocenters. The number of piperidine rings is 1. The molecule has 1 heterocycles. The van der Waals surface area contributed by atoms with Crippen molar-refractivity contribution in [2.24, 2.45) is 5.92 Å². The predicted molar refractivity (Wildman–Crippen MR) is 84.1 cm³/mol. The van der Waals surface area contributed by atoms with Crippen molar-refractivity contribution in [3.63, 3.8) is 0 Å². The van der Waals surface area contributed by atoms with Crippen LogP contribution in [0.5, 0.6) is 0 Å². The number of benzene rings is 1. The molecule has 0 atom stereocenters. The number of aryl methyl sites for hydroxylation is 1. The van der Waals surface area contributed by atoms with Gasteiger partial charge in [0.1, 0.15) is 6.61 Å². The summed E-state index contributed by atoms with van der Waals surface area (Å²) in [5.41, 5.74) is 2.42. The Morgan fingerprint density at radius 1 is 1.38 bits per heavy atom. The van der Waals surface area contributed by atoms with Crippen LogP contribution in [0.25, 0.3) is 0 Å². The number of aliphatic hydroxyl groups excluding tert-OH is 1. The second-order valence-electron chi connectivity index (χ2n) is 5.65. The molecule has 0 saturated carbocycles. The first kappa shape index (κ1) is 15.6. The fraction of sp³-hybridized carbons (Fsp3) is 0.500. The average Bonchev–Trinajstić information content (AvgIpc) is 2.53. The Bertz CT molecular complexity index is 560. The second-order valence-corrected chi connectivity index (χ2v) is 5.65. The third kappa shape index (κ3) is 3.86. The first-order chi connectivity index (χ1) is 10.2. The molecular formula is C18H23NO2. The summed E-state index contributed by atoms with van der Waals surface area (Å²) in [5.74, 6) is 6.33. The van der Waals surface area contributed by atoms with Crippen LogP contribution in [0.4, 0.5) is 0 Å². The maximum atomic E-state index is 12.7. The summed E-state index contributed by atoms with van der Waals surface area (Å²) < 4.78 is 0. The minimum atomic E-state index is -0.191. The maximum Gasteiger partial charge on any atom is 0.255 e. The Hall–Kier alpha value is -1.79. The molecule has 1 N–H and O–H groups in total. The fourth-order valence-electron chi connectivity index (χ4n) is 2.79. The molecule has 1 aliphatic heterocycles. The molecule has 1 aromatic rings. The predicted octanol–water partition coefficient (Wildman–Crippen LogP) is 2.60. The van der Waals surface area contributed by atoms with E-state index < -0.39 is 0 Å². The average molecular weight is 285 g/mol. The lowest BCUT2D eigenvalue weighted by atomic mass is 9.93. The van der Waals surface area contributed by atoms with Crippen molar-refractivity contribution in [1.29, 1.82) is 0 Å². The third-order valence-electron chi connectivity index (χ3n) is 4.19. The zero-order valence-electron chi connectivity index (χ0n) is 12.9. The molecule has 1 aromatic carbocycles. The van der Waals surface area contributed by atoms with Crippen LogP contribution in [0, 0.1) is 24.7 Å². The Labute approximate surface area is 127 Å². The number of carbonyl (C=O) groups is 1. The van der Waals surface area contributed by atoms with E-state index in [-0.39, 0.29) is 12.5 Å². The highest BCUT2D eigenvalue weighted by Crippen LogP contribution is 2.22. The summed E-state index contributed by atoms with van der Waals surface area (Å²) in [4.78, 5) is 14.7. The number of likely N-dealkylation sites (tertiary alicyclic amines) is 1. The van der Waals surface area contributed by atoms with Gasteiger partial charge in [-0.1, -0.05) is 36.8 Å². The molecule has 0 aromatic heterocycles. The van der Waals surface area contributed by atoms with Crippen molar-refractivity contribution in [1.82, 2.24) is 4.90 Å². The Balaban J connectivity index is 2.20. The van der Waals surface area contributed by atoms with Crippen molar-refractivity contribution in [2.45, 2.75) is 33.1 Å². The van der Waals surface area contributed by atoms with Crippen LogP contribution in [0.15, 0.2) is 18.2 Å². The van der Waals surface area contributed by atoms with Gasteiger partial charge in [0.2, 0.25) is 0 Å². The molecule has 1 fully saturated rings. The Kier molecular flexibility index (Phi) is 5.41. The molecule has 3 heteroatoms. The number of aliphatic hydroxyl groups is 1. The van der Waals surface area contributed by atoms with Gasteiger partial charge in [-0.15, -0.1) is 0 Å². The third-order valence-corrected chi connectivity index (χ3v) is 4.19. The van der Waals surface area contributed by atoms with Gasteiger partial charge < -0.3 is 10.0 Å². The molecule has 0 spiro atoms. The minimum absolute atomic E-state index is 0.0653. The van der Waals surface area contributed by atoms with Gasteiger partial charge in [-0.25, -0.2) is 0 Å². The van der Waals surface area contributed by atoms with Crippen LogP contribution in [-0.4, -0.2) is 35.6 Å². The summed E-state index contributed by atoms with van der Waals surface area (Å²) in [6, 6.07) is 5.71. The number of carbonyl (C=O) groups excluding carboxylic acids is 1. The number of hydrogen-bond donors (Lipinski definition) is 1. The van der Waals surface area contributed by atoms with Crippen LogP contribution in [0.2, 0.25) is 0 Å².